The molecule has 1 aromatic heterocycles. The van der Waals surface area contributed by atoms with Crippen LogP contribution in [0.15, 0.2) is 12.1 Å². The number of methoxy groups -OCH3 is 1. The van der Waals surface area contributed by atoms with Crippen LogP contribution < -0.4 is 5.32 Å². The third-order valence-electron chi connectivity index (χ3n) is 3.73. The standard InChI is InChI=1S/C14H20N2O4/c1-9-11(13(17)19-3)4-5-12(16-9)15-8-14(18)6-7-20-10(14)2/h4-5,10,18H,6-8H2,1-3H3,(H,15,16). The number of nitrogens with zero attached hydrogens (tertiary/aromatic N) is 1. The van der Waals surface area contributed by atoms with Gasteiger partial charge in [-0.05, 0) is 26.0 Å². The minimum Gasteiger partial charge on any atom is -0.465 e. The van der Waals surface area contributed by atoms with Crippen LogP contribution in [0.25, 0.3) is 0 Å². The van der Waals surface area contributed by atoms with Crippen LogP contribution in [0.5, 0.6) is 0 Å². The second-order valence-electron chi connectivity index (χ2n) is 5.04. The lowest BCUT2D eigenvalue weighted by atomic mass is 9.97. The number of aryl methyl sites for hydroxylation is 1. The van der Waals surface area contributed by atoms with E-state index in [0.717, 1.165) is 0 Å². The summed E-state index contributed by atoms with van der Waals surface area (Å²) in [6.45, 7) is 4.52. The number of ether oxygens (including phenoxy) is 2. The summed E-state index contributed by atoms with van der Waals surface area (Å²) in [5.41, 5.74) is 0.148. The number of rotatable bonds is 4. The fourth-order valence-corrected chi connectivity index (χ4v) is 2.23. The fraction of sp³-hybridized carbons (Fsp3) is 0.571. The van der Waals surface area contributed by atoms with E-state index in [2.05, 4.69) is 15.0 Å². The second-order valence-corrected chi connectivity index (χ2v) is 5.04. The number of aliphatic hydroxyl groups is 1. The number of esters is 1. The molecule has 0 radical (unpaired) electrons. The molecule has 2 unspecified atom stereocenters. The Morgan fingerprint density at radius 1 is 1.65 bits per heavy atom. The predicted octanol–water partition coefficient (Wildman–Crippen LogP) is 1.13. The number of hydrogen-bond acceptors (Lipinski definition) is 6. The normalized spacial score (nSPS) is 25.5. The highest BCUT2D eigenvalue weighted by Gasteiger charge is 2.39. The molecule has 2 rings (SSSR count). The van der Waals surface area contributed by atoms with Crippen molar-refractivity contribution in [2.24, 2.45) is 0 Å². The smallest absolute Gasteiger partial charge is 0.339 e. The van der Waals surface area contributed by atoms with Crippen molar-refractivity contribution in [3.8, 4) is 0 Å². The van der Waals surface area contributed by atoms with Crippen molar-refractivity contribution in [3.63, 3.8) is 0 Å². The molecule has 2 N–H and O–H groups in total. The van der Waals surface area contributed by atoms with Gasteiger partial charge in [0.25, 0.3) is 0 Å². The number of carbonyl (C=O) groups excluding carboxylic acids is 1. The maximum atomic E-state index is 11.5. The van der Waals surface area contributed by atoms with Gasteiger partial charge in [0.1, 0.15) is 11.4 Å². The monoisotopic (exact) mass is 280 g/mol. The van der Waals surface area contributed by atoms with Gasteiger partial charge < -0.3 is 19.9 Å². The Morgan fingerprint density at radius 3 is 2.95 bits per heavy atom. The summed E-state index contributed by atoms with van der Waals surface area (Å²) in [7, 11) is 1.34. The molecule has 1 fully saturated rings. The molecule has 0 amide bonds. The molecule has 2 atom stereocenters. The number of pyridine rings is 1. The summed E-state index contributed by atoms with van der Waals surface area (Å²) >= 11 is 0. The lowest BCUT2D eigenvalue weighted by Crippen LogP contribution is -2.43. The quantitative estimate of drug-likeness (QED) is 0.805. The fourth-order valence-electron chi connectivity index (χ4n) is 2.23. The Morgan fingerprint density at radius 2 is 2.40 bits per heavy atom. The van der Waals surface area contributed by atoms with E-state index >= 15 is 0 Å². The summed E-state index contributed by atoms with van der Waals surface area (Å²) in [6, 6.07) is 3.36. The Balaban J connectivity index is 2.04. The second kappa shape index (κ2) is 5.76. The van der Waals surface area contributed by atoms with Gasteiger partial charge in [-0.1, -0.05) is 0 Å². The van der Waals surface area contributed by atoms with Crippen molar-refractivity contribution in [1.29, 1.82) is 0 Å². The van der Waals surface area contributed by atoms with Crippen LogP contribution in [0.2, 0.25) is 0 Å². The van der Waals surface area contributed by atoms with Crippen LogP contribution in [0.1, 0.15) is 29.4 Å². The maximum absolute atomic E-state index is 11.5. The van der Waals surface area contributed by atoms with E-state index in [4.69, 9.17) is 4.74 Å². The highest BCUT2D eigenvalue weighted by molar-refractivity contribution is 5.90. The van der Waals surface area contributed by atoms with Crippen LogP contribution in [-0.2, 0) is 9.47 Å². The van der Waals surface area contributed by atoms with Gasteiger partial charge in [-0.2, -0.15) is 0 Å². The number of nitrogens with one attached hydrogen (secondary N) is 1. The maximum Gasteiger partial charge on any atom is 0.339 e. The van der Waals surface area contributed by atoms with E-state index in [-0.39, 0.29) is 6.10 Å². The van der Waals surface area contributed by atoms with E-state index in [1.165, 1.54) is 7.11 Å². The van der Waals surface area contributed by atoms with Crippen molar-refractivity contribution in [2.45, 2.75) is 32.0 Å². The Kier molecular flexibility index (Phi) is 4.25. The van der Waals surface area contributed by atoms with Gasteiger partial charge in [0.2, 0.25) is 0 Å². The van der Waals surface area contributed by atoms with Gasteiger partial charge >= 0.3 is 5.97 Å². The van der Waals surface area contributed by atoms with Gasteiger partial charge in [0.05, 0.1) is 24.5 Å². The van der Waals surface area contributed by atoms with Gasteiger partial charge in [-0.3, -0.25) is 0 Å². The van der Waals surface area contributed by atoms with E-state index in [9.17, 15) is 9.90 Å². The predicted molar refractivity (Wildman–Crippen MR) is 73.8 cm³/mol. The van der Waals surface area contributed by atoms with Crippen LogP contribution in [0.4, 0.5) is 5.82 Å². The number of anilines is 1. The summed E-state index contributed by atoms with van der Waals surface area (Å²) < 4.78 is 10.0. The van der Waals surface area contributed by atoms with Gasteiger partial charge in [0, 0.05) is 19.6 Å². The van der Waals surface area contributed by atoms with Crippen LogP contribution in [0.3, 0.4) is 0 Å². The average molecular weight is 280 g/mol. The lowest BCUT2D eigenvalue weighted by molar-refractivity contribution is -0.0176. The number of hydrogen-bond donors (Lipinski definition) is 2. The first-order valence-corrected chi connectivity index (χ1v) is 6.60. The molecule has 6 nitrogen and oxygen atoms in total. The molecule has 6 heteroatoms. The minimum absolute atomic E-state index is 0.203. The third kappa shape index (κ3) is 2.91. The molecule has 0 bridgehead atoms. The third-order valence-corrected chi connectivity index (χ3v) is 3.73. The first kappa shape index (κ1) is 14.7. The molecule has 1 aliphatic heterocycles. The Hall–Kier alpha value is -1.66. The molecular weight excluding hydrogens is 260 g/mol. The molecule has 1 aliphatic rings. The molecule has 20 heavy (non-hydrogen) atoms. The molecule has 1 aromatic rings. The van der Waals surface area contributed by atoms with Crippen LogP contribution in [-0.4, -0.2) is 48.0 Å². The zero-order valence-electron chi connectivity index (χ0n) is 12.0. The highest BCUT2D eigenvalue weighted by atomic mass is 16.5. The zero-order chi connectivity index (χ0) is 14.8. The van der Waals surface area contributed by atoms with Crippen LogP contribution >= 0.6 is 0 Å². The van der Waals surface area contributed by atoms with E-state index < -0.39 is 11.6 Å². The van der Waals surface area contributed by atoms with Gasteiger partial charge in [-0.25, -0.2) is 9.78 Å². The number of carbonyl (C=O) groups is 1. The number of aromatic nitrogens is 1. The topological polar surface area (TPSA) is 80.7 Å². The lowest BCUT2D eigenvalue weighted by Gasteiger charge is -2.26. The minimum atomic E-state index is -0.878. The van der Waals surface area contributed by atoms with Crippen molar-refractivity contribution >= 4 is 11.8 Å². The highest BCUT2D eigenvalue weighted by Crippen LogP contribution is 2.26. The van der Waals surface area contributed by atoms with E-state index in [1.54, 1.807) is 19.1 Å². The molecule has 110 valence electrons. The van der Waals surface area contributed by atoms with Gasteiger partial charge in [0.15, 0.2) is 0 Å². The SMILES string of the molecule is COC(=O)c1ccc(NCC2(O)CCOC2C)nc1C. The molecule has 0 saturated carbocycles. The van der Waals surface area contributed by atoms with Crippen molar-refractivity contribution in [1.82, 2.24) is 4.98 Å². The van der Waals surface area contributed by atoms with Crippen molar-refractivity contribution < 1.29 is 19.4 Å². The summed E-state index contributed by atoms with van der Waals surface area (Å²) in [4.78, 5) is 15.8. The molecule has 1 saturated heterocycles. The summed E-state index contributed by atoms with van der Waals surface area (Å²) in [6.07, 6.45) is 0.394. The average Bonchev–Trinajstić information content (AvgIpc) is 2.76. The summed E-state index contributed by atoms with van der Waals surface area (Å²) in [5.74, 6) is 0.209. The van der Waals surface area contributed by atoms with Crippen molar-refractivity contribution in [2.75, 3.05) is 25.6 Å². The first-order valence-electron chi connectivity index (χ1n) is 6.60. The molecular formula is C14H20N2O4. The van der Waals surface area contributed by atoms with E-state index in [1.807, 2.05) is 6.92 Å². The first-order chi connectivity index (χ1) is 9.46. The van der Waals surface area contributed by atoms with Crippen LogP contribution in [0, 0.1) is 6.92 Å². The molecule has 0 aliphatic carbocycles. The molecule has 2 heterocycles. The van der Waals surface area contributed by atoms with E-state index in [0.29, 0.717) is 36.6 Å². The largest absolute Gasteiger partial charge is 0.465 e. The molecule has 0 spiro atoms. The zero-order valence-corrected chi connectivity index (χ0v) is 12.0. The van der Waals surface area contributed by atoms with Gasteiger partial charge in [-0.15, -0.1) is 0 Å². The molecule has 0 aromatic carbocycles. The summed E-state index contributed by atoms with van der Waals surface area (Å²) in [5, 5.41) is 13.5. The Bertz CT molecular complexity index is 506. The van der Waals surface area contributed by atoms with Crippen molar-refractivity contribution in [3.05, 3.63) is 23.4 Å². The Labute approximate surface area is 118 Å².